The van der Waals surface area contributed by atoms with Gasteiger partial charge in [0.1, 0.15) is 5.75 Å². The summed E-state index contributed by atoms with van der Waals surface area (Å²) in [5, 5.41) is 10.3. The van der Waals surface area contributed by atoms with Gasteiger partial charge in [-0.15, -0.1) is 0 Å². The van der Waals surface area contributed by atoms with Crippen LogP contribution >= 0.6 is 11.6 Å². The number of halogens is 1. The highest BCUT2D eigenvalue weighted by atomic mass is 35.5. The fourth-order valence-electron chi connectivity index (χ4n) is 1.64. The lowest BCUT2D eigenvalue weighted by atomic mass is 10.0. The molecule has 3 N–H and O–H groups in total. The van der Waals surface area contributed by atoms with Crippen LogP contribution in [0.5, 0.6) is 5.75 Å². The number of nitrogen functional groups attached to an aromatic ring is 1. The van der Waals surface area contributed by atoms with E-state index in [0.717, 1.165) is 11.1 Å². The summed E-state index contributed by atoms with van der Waals surface area (Å²) in [5.41, 5.74) is 8.91. The fraction of sp³-hybridized carbons (Fsp3) is 0.0769. The molecule has 2 rings (SSSR count). The molecule has 0 atom stereocenters. The number of aryl methyl sites for hydroxylation is 1. The van der Waals surface area contributed by atoms with E-state index in [4.69, 9.17) is 17.3 Å². The Bertz CT molecular complexity index is 537. The quantitative estimate of drug-likeness (QED) is 0.740. The average Bonchev–Trinajstić information content (AvgIpc) is 2.26. The minimum atomic E-state index is 0.208. The van der Waals surface area contributed by atoms with Gasteiger partial charge in [-0.3, -0.25) is 0 Å². The van der Waals surface area contributed by atoms with Gasteiger partial charge >= 0.3 is 0 Å². The highest BCUT2D eigenvalue weighted by Crippen LogP contribution is 2.36. The predicted molar refractivity (Wildman–Crippen MR) is 67.7 cm³/mol. The zero-order valence-electron chi connectivity index (χ0n) is 8.87. The molecule has 82 valence electrons. The van der Waals surface area contributed by atoms with Crippen molar-refractivity contribution in [3.63, 3.8) is 0 Å². The van der Waals surface area contributed by atoms with Crippen LogP contribution in [0.3, 0.4) is 0 Å². The molecule has 0 unspecified atom stereocenters. The molecule has 0 aliphatic heterocycles. The van der Waals surface area contributed by atoms with E-state index < -0.39 is 0 Å². The average molecular weight is 234 g/mol. The van der Waals surface area contributed by atoms with Crippen LogP contribution in [0.2, 0.25) is 5.02 Å². The van der Waals surface area contributed by atoms with Crippen molar-refractivity contribution in [1.29, 1.82) is 0 Å². The predicted octanol–water partition coefficient (Wildman–Crippen LogP) is 3.60. The zero-order valence-corrected chi connectivity index (χ0v) is 9.62. The summed E-state index contributed by atoms with van der Waals surface area (Å²) < 4.78 is 0. The number of hydrogen-bond donors (Lipinski definition) is 2. The smallest absolute Gasteiger partial charge is 0.123 e. The third-order valence-electron chi connectivity index (χ3n) is 2.50. The van der Waals surface area contributed by atoms with Crippen LogP contribution in [0.25, 0.3) is 11.1 Å². The molecule has 0 spiro atoms. The molecule has 2 aromatic carbocycles. The lowest BCUT2D eigenvalue weighted by Gasteiger charge is -2.09. The maximum absolute atomic E-state index is 9.81. The first-order valence-electron chi connectivity index (χ1n) is 4.93. The molecule has 2 nitrogen and oxygen atoms in total. The Kier molecular flexibility index (Phi) is 2.75. The standard InChI is InChI=1S/C13H12ClNO/c1-8-5-6-12(16)10(7-8)9-3-2-4-11(14)13(9)15/h2-7,16H,15H2,1H3. The summed E-state index contributed by atoms with van der Waals surface area (Å²) in [4.78, 5) is 0. The van der Waals surface area contributed by atoms with Gasteiger partial charge in [-0.25, -0.2) is 0 Å². The molecule has 0 aromatic heterocycles. The van der Waals surface area contributed by atoms with Gasteiger partial charge in [0.05, 0.1) is 10.7 Å². The largest absolute Gasteiger partial charge is 0.507 e. The molecule has 0 bridgehead atoms. The highest BCUT2D eigenvalue weighted by molar-refractivity contribution is 6.33. The number of para-hydroxylation sites is 1. The maximum Gasteiger partial charge on any atom is 0.123 e. The summed E-state index contributed by atoms with van der Waals surface area (Å²) in [6.07, 6.45) is 0. The van der Waals surface area contributed by atoms with E-state index in [0.29, 0.717) is 16.3 Å². The molecule has 0 aliphatic rings. The number of anilines is 1. The Balaban J connectivity index is 2.67. The van der Waals surface area contributed by atoms with E-state index >= 15 is 0 Å². The molecule has 0 amide bonds. The third kappa shape index (κ3) is 1.84. The molecule has 3 heteroatoms. The first-order chi connectivity index (χ1) is 7.59. The van der Waals surface area contributed by atoms with E-state index in [2.05, 4.69) is 0 Å². The molecule has 0 aliphatic carbocycles. The van der Waals surface area contributed by atoms with E-state index in [-0.39, 0.29) is 5.75 Å². The van der Waals surface area contributed by atoms with Gasteiger partial charge in [-0.2, -0.15) is 0 Å². The number of nitrogens with two attached hydrogens (primary N) is 1. The van der Waals surface area contributed by atoms with Crippen molar-refractivity contribution in [2.45, 2.75) is 6.92 Å². The number of rotatable bonds is 1. The zero-order chi connectivity index (χ0) is 11.7. The van der Waals surface area contributed by atoms with Gasteiger partial charge in [0.2, 0.25) is 0 Å². The van der Waals surface area contributed by atoms with E-state index in [1.54, 1.807) is 12.1 Å². The first-order valence-corrected chi connectivity index (χ1v) is 5.31. The van der Waals surface area contributed by atoms with Gasteiger partial charge < -0.3 is 10.8 Å². The normalized spacial score (nSPS) is 10.4. The molecule has 0 fully saturated rings. The Morgan fingerprint density at radius 2 is 1.88 bits per heavy atom. The first kappa shape index (κ1) is 10.8. The number of aromatic hydroxyl groups is 1. The van der Waals surface area contributed by atoms with Gasteiger partial charge in [0.15, 0.2) is 0 Å². The maximum atomic E-state index is 9.81. The number of phenols is 1. The van der Waals surface area contributed by atoms with Crippen LogP contribution in [0.15, 0.2) is 36.4 Å². The van der Waals surface area contributed by atoms with Gasteiger partial charge in [-0.1, -0.05) is 35.4 Å². The molecule has 0 saturated heterocycles. The summed E-state index contributed by atoms with van der Waals surface area (Å²) in [6.45, 7) is 1.96. The molecule has 0 heterocycles. The minimum Gasteiger partial charge on any atom is -0.507 e. The molecule has 0 radical (unpaired) electrons. The number of benzene rings is 2. The van der Waals surface area contributed by atoms with Crippen LogP contribution in [0, 0.1) is 6.92 Å². The molecular weight excluding hydrogens is 222 g/mol. The molecule has 0 saturated carbocycles. The number of hydrogen-bond acceptors (Lipinski definition) is 2. The second kappa shape index (κ2) is 4.06. The lowest BCUT2D eigenvalue weighted by Crippen LogP contribution is -1.91. The van der Waals surface area contributed by atoms with Crippen molar-refractivity contribution in [3.8, 4) is 16.9 Å². The SMILES string of the molecule is Cc1ccc(O)c(-c2cccc(Cl)c2N)c1. The van der Waals surface area contributed by atoms with Crippen LogP contribution in [0.1, 0.15) is 5.56 Å². The summed E-state index contributed by atoms with van der Waals surface area (Å²) in [5.74, 6) is 0.208. The summed E-state index contributed by atoms with van der Waals surface area (Å²) in [6, 6.07) is 10.8. The minimum absolute atomic E-state index is 0.208. The van der Waals surface area contributed by atoms with E-state index in [9.17, 15) is 5.11 Å². The van der Waals surface area contributed by atoms with Crippen LogP contribution < -0.4 is 5.73 Å². The van der Waals surface area contributed by atoms with Crippen molar-refractivity contribution in [1.82, 2.24) is 0 Å². The summed E-state index contributed by atoms with van der Waals surface area (Å²) >= 11 is 5.95. The Morgan fingerprint density at radius 3 is 2.62 bits per heavy atom. The fourth-order valence-corrected chi connectivity index (χ4v) is 1.81. The van der Waals surface area contributed by atoms with Crippen LogP contribution in [-0.2, 0) is 0 Å². The van der Waals surface area contributed by atoms with Crippen LogP contribution in [0.4, 0.5) is 5.69 Å². The van der Waals surface area contributed by atoms with Gasteiger partial charge in [-0.05, 0) is 25.1 Å². The van der Waals surface area contributed by atoms with E-state index in [1.807, 2.05) is 31.2 Å². The number of phenolic OH excluding ortho intramolecular Hbond substituents is 1. The lowest BCUT2D eigenvalue weighted by molar-refractivity contribution is 0.477. The second-order valence-corrected chi connectivity index (χ2v) is 4.13. The summed E-state index contributed by atoms with van der Waals surface area (Å²) in [7, 11) is 0. The third-order valence-corrected chi connectivity index (χ3v) is 2.82. The Labute approximate surface area is 99.3 Å². The van der Waals surface area contributed by atoms with Gasteiger partial charge in [0, 0.05) is 11.1 Å². The Morgan fingerprint density at radius 1 is 1.12 bits per heavy atom. The van der Waals surface area contributed by atoms with Crippen molar-refractivity contribution < 1.29 is 5.11 Å². The van der Waals surface area contributed by atoms with Crippen molar-refractivity contribution in [2.75, 3.05) is 5.73 Å². The highest BCUT2D eigenvalue weighted by Gasteiger charge is 2.09. The van der Waals surface area contributed by atoms with Crippen molar-refractivity contribution in [3.05, 3.63) is 47.0 Å². The topological polar surface area (TPSA) is 46.2 Å². The Hall–Kier alpha value is -1.67. The van der Waals surface area contributed by atoms with Gasteiger partial charge in [0.25, 0.3) is 0 Å². The molecular formula is C13H12ClNO. The monoisotopic (exact) mass is 233 g/mol. The van der Waals surface area contributed by atoms with Crippen molar-refractivity contribution in [2.24, 2.45) is 0 Å². The van der Waals surface area contributed by atoms with E-state index in [1.165, 1.54) is 0 Å². The van der Waals surface area contributed by atoms with Crippen molar-refractivity contribution >= 4 is 17.3 Å². The molecule has 2 aromatic rings. The van der Waals surface area contributed by atoms with Crippen LogP contribution in [-0.4, -0.2) is 5.11 Å². The molecule has 16 heavy (non-hydrogen) atoms. The second-order valence-electron chi connectivity index (χ2n) is 3.72.